The van der Waals surface area contributed by atoms with Gasteiger partial charge in [-0.15, -0.1) is 0 Å². The van der Waals surface area contributed by atoms with Gasteiger partial charge in [0.1, 0.15) is 0 Å². The molecule has 0 heterocycles. The Morgan fingerprint density at radius 1 is 0.700 bits per heavy atom. The van der Waals surface area contributed by atoms with Crippen LogP contribution < -0.4 is 0 Å². The summed E-state index contributed by atoms with van der Waals surface area (Å²) in [6, 6.07) is 0. The molecule has 0 aliphatic carbocycles. The van der Waals surface area contributed by atoms with Gasteiger partial charge in [0.15, 0.2) is 0 Å². The van der Waals surface area contributed by atoms with Gasteiger partial charge in [0, 0.05) is 28.2 Å². The first kappa shape index (κ1) is 9.08. The fourth-order valence-corrected chi connectivity index (χ4v) is 0.444. The fraction of sp³-hybridized carbons (Fsp3) is 0.500. The molecular weight excluding hydrogens is 124 g/mol. The van der Waals surface area contributed by atoms with Crippen molar-refractivity contribution in [2.24, 2.45) is 0 Å². The van der Waals surface area contributed by atoms with Crippen LogP contribution in [-0.2, 0) is 0 Å². The van der Waals surface area contributed by atoms with E-state index in [-0.39, 0.29) is 0 Å². The zero-order valence-corrected chi connectivity index (χ0v) is 7.20. The second-order valence-corrected chi connectivity index (χ2v) is 2.61. The molecule has 0 amide bonds. The molecule has 0 unspecified atom stereocenters. The molecule has 0 aliphatic rings. The Morgan fingerprint density at radius 3 is 1.20 bits per heavy atom. The van der Waals surface area contributed by atoms with E-state index in [2.05, 4.69) is 0 Å². The van der Waals surface area contributed by atoms with E-state index < -0.39 is 0 Å². The van der Waals surface area contributed by atoms with Crippen molar-refractivity contribution in [2.75, 3.05) is 28.2 Å². The summed E-state index contributed by atoms with van der Waals surface area (Å²) >= 11 is 0. The topological polar surface area (TPSA) is 6.48 Å². The largest absolute Gasteiger partial charge is 0.383 e. The molecule has 0 aliphatic heterocycles. The SMILES string of the molecule is CN(C)/C=C/C=C/N(C)C. The number of hydrogen-bond acceptors (Lipinski definition) is 2. The van der Waals surface area contributed by atoms with Crippen molar-refractivity contribution in [3.05, 3.63) is 24.6 Å². The van der Waals surface area contributed by atoms with Gasteiger partial charge >= 0.3 is 0 Å². The van der Waals surface area contributed by atoms with Crippen molar-refractivity contribution in [2.45, 2.75) is 0 Å². The van der Waals surface area contributed by atoms with Gasteiger partial charge in [-0.3, -0.25) is 0 Å². The van der Waals surface area contributed by atoms with Crippen LogP contribution in [0.1, 0.15) is 0 Å². The summed E-state index contributed by atoms with van der Waals surface area (Å²) in [6.45, 7) is 0. The third kappa shape index (κ3) is 7.08. The monoisotopic (exact) mass is 140 g/mol. The number of hydrogen-bond donors (Lipinski definition) is 0. The third-order valence-corrected chi connectivity index (χ3v) is 0.880. The van der Waals surface area contributed by atoms with E-state index in [0.29, 0.717) is 0 Å². The van der Waals surface area contributed by atoms with E-state index in [0.717, 1.165) is 0 Å². The van der Waals surface area contributed by atoms with Crippen molar-refractivity contribution in [3.63, 3.8) is 0 Å². The quantitative estimate of drug-likeness (QED) is 0.542. The van der Waals surface area contributed by atoms with E-state index in [1.54, 1.807) is 0 Å². The van der Waals surface area contributed by atoms with Crippen LogP contribution in [0.15, 0.2) is 24.6 Å². The van der Waals surface area contributed by atoms with Crippen LogP contribution >= 0.6 is 0 Å². The number of rotatable bonds is 3. The smallest absolute Gasteiger partial charge is 0.00556 e. The molecule has 0 saturated carbocycles. The highest BCUT2D eigenvalue weighted by Crippen LogP contribution is 1.81. The molecule has 0 atom stereocenters. The standard InChI is InChI=1S/C8H16N2/c1-9(2)7-5-6-8-10(3)4/h5-8H,1-4H3/b7-5+,8-6+. The molecule has 0 radical (unpaired) electrons. The lowest BCUT2D eigenvalue weighted by molar-refractivity contribution is 0.558. The summed E-state index contributed by atoms with van der Waals surface area (Å²) < 4.78 is 0. The first-order valence-corrected chi connectivity index (χ1v) is 3.31. The first-order valence-electron chi connectivity index (χ1n) is 3.31. The normalized spacial score (nSPS) is 11.2. The highest BCUT2D eigenvalue weighted by atomic mass is 15.0. The molecule has 10 heavy (non-hydrogen) atoms. The second kappa shape index (κ2) is 4.91. The van der Waals surface area contributed by atoms with E-state index >= 15 is 0 Å². The van der Waals surface area contributed by atoms with Gasteiger partial charge < -0.3 is 9.80 Å². The van der Waals surface area contributed by atoms with E-state index in [4.69, 9.17) is 0 Å². The molecule has 0 fully saturated rings. The van der Waals surface area contributed by atoms with E-state index in [1.165, 1.54) is 0 Å². The number of allylic oxidation sites excluding steroid dienone is 2. The zero-order valence-electron chi connectivity index (χ0n) is 7.20. The molecule has 2 nitrogen and oxygen atoms in total. The summed E-state index contributed by atoms with van der Waals surface area (Å²) in [5.41, 5.74) is 0. The molecule has 0 rings (SSSR count). The average Bonchev–Trinajstić information content (AvgIpc) is 1.79. The molecule has 0 aromatic rings. The van der Waals surface area contributed by atoms with Gasteiger partial charge in [-0.2, -0.15) is 0 Å². The Bertz CT molecular complexity index is 107. The summed E-state index contributed by atoms with van der Waals surface area (Å²) in [5, 5.41) is 0. The van der Waals surface area contributed by atoms with Gasteiger partial charge in [0.25, 0.3) is 0 Å². The Hall–Kier alpha value is -0.920. The van der Waals surface area contributed by atoms with Crippen LogP contribution in [0, 0.1) is 0 Å². The van der Waals surface area contributed by atoms with Crippen LogP contribution in [0.2, 0.25) is 0 Å². The molecule has 0 bridgehead atoms. The maximum atomic E-state index is 2.00. The third-order valence-electron chi connectivity index (χ3n) is 0.880. The molecule has 0 aromatic carbocycles. The highest BCUT2D eigenvalue weighted by Gasteiger charge is 1.73. The van der Waals surface area contributed by atoms with Crippen molar-refractivity contribution >= 4 is 0 Å². The van der Waals surface area contributed by atoms with Crippen LogP contribution in [0.3, 0.4) is 0 Å². The minimum Gasteiger partial charge on any atom is -0.383 e. The van der Waals surface area contributed by atoms with Crippen LogP contribution in [0.25, 0.3) is 0 Å². The Labute approximate surface area is 63.4 Å². The van der Waals surface area contributed by atoms with E-state index in [9.17, 15) is 0 Å². The van der Waals surface area contributed by atoms with Crippen LogP contribution in [-0.4, -0.2) is 38.0 Å². The lowest BCUT2D eigenvalue weighted by Gasteiger charge is -2.03. The Morgan fingerprint density at radius 2 is 1.00 bits per heavy atom. The molecule has 58 valence electrons. The predicted molar refractivity (Wildman–Crippen MR) is 45.7 cm³/mol. The fourth-order valence-electron chi connectivity index (χ4n) is 0.444. The lowest BCUT2D eigenvalue weighted by atomic mass is 10.5. The molecule has 2 heteroatoms. The Kier molecular flexibility index (Phi) is 4.46. The van der Waals surface area contributed by atoms with Crippen LogP contribution in [0.4, 0.5) is 0 Å². The van der Waals surface area contributed by atoms with Gasteiger partial charge in [-0.1, -0.05) is 0 Å². The van der Waals surface area contributed by atoms with Crippen molar-refractivity contribution in [1.29, 1.82) is 0 Å². The van der Waals surface area contributed by atoms with Gasteiger partial charge in [-0.05, 0) is 24.6 Å². The summed E-state index contributed by atoms with van der Waals surface area (Å²) in [6.07, 6.45) is 8.00. The van der Waals surface area contributed by atoms with Gasteiger partial charge in [-0.25, -0.2) is 0 Å². The second-order valence-electron chi connectivity index (χ2n) is 2.61. The van der Waals surface area contributed by atoms with Crippen molar-refractivity contribution in [1.82, 2.24) is 9.80 Å². The van der Waals surface area contributed by atoms with E-state index in [1.807, 2.05) is 62.5 Å². The minimum absolute atomic E-state index is 2.00. The van der Waals surface area contributed by atoms with Gasteiger partial charge in [0.05, 0.1) is 0 Å². The summed E-state index contributed by atoms with van der Waals surface area (Å²) in [4.78, 5) is 4.00. The summed E-state index contributed by atoms with van der Waals surface area (Å²) in [5.74, 6) is 0. The zero-order chi connectivity index (χ0) is 7.98. The molecular formula is C8H16N2. The number of nitrogens with zero attached hydrogens (tertiary/aromatic N) is 2. The van der Waals surface area contributed by atoms with Crippen LogP contribution in [0.5, 0.6) is 0 Å². The summed E-state index contributed by atoms with van der Waals surface area (Å²) in [7, 11) is 8.00. The maximum Gasteiger partial charge on any atom is 0.00556 e. The van der Waals surface area contributed by atoms with Crippen molar-refractivity contribution < 1.29 is 0 Å². The molecule has 0 saturated heterocycles. The predicted octanol–water partition coefficient (Wildman–Crippen LogP) is 1.14. The minimum atomic E-state index is 2.00. The molecule has 0 aromatic heterocycles. The van der Waals surface area contributed by atoms with Crippen molar-refractivity contribution in [3.8, 4) is 0 Å². The van der Waals surface area contributed by atoms with Gasteiger partial charge in [0.2, 0.25) is 0 Å². The average molecular weight is 140 g/mol. The Balaban J connectivity index is 3.52. The highest BCUT2D eigenvalue weighted by molar-refractivity contribution is 5.00. The first-order chi connectivity index (χ1) is 4.63. The maximum absolute atomic E-state index is 2.00. The lowest BCUT2D eigenvalue weighted by Crippen LogP contribution is -2.01. The molecule has 0 spiro atoms. The molecule has 0 N–H and O–H groups in total.